The van der Waals surface area contributed by atoms with Gasteiger partial charge in [0.25, 0.3) is 0 Å². The monoisotopic (exact) mass is 870 g/mol. The first-order chi connectivity index (χ1) is 31.5. The summed E-state index contributed by atoms with van der Waals surface area (Å²) in [6.07, 6.45) is 0. The number of rotatable bonds is 3. The van der Waals surface area contributed by atoms with Crippen LogP contribution in [0.5, 0.6) is 0 Å². The van der Waals surface area contributed by atoms with Crippen LogP contribution in [0.1, 0.15) is 103 Å². The molecule has 3 aliphatic rings. The lowest BCUT2D eigenvalue weighted by atomic mass is 9.58. The van der Waals surface area contributed by atoms with Crippen LogP contribution in [-0.2, 0) is 21.7 Å². The summed E-state index contributed by atoms with van der Waals surface area (Å²) in [6, 6.07) is 54.3. The van der Waals surface area contributed by atoms with E-state index in [1.165, 1.54) is 125 Å². The van der Waals surface area contributed by atoms with Crippen LogP contribution in [0.3, 0.4) is 0 Å². The molecule has 4 heteroatoms. The number of aromatic nitrogens is 1. The Morgan fingerprint density at radius 3 is 1.91 bits per heavy atom. The first-order valence-corrected chi connectivity index (χ1v) is 24.7. The number of thiophene rings is 1. The van der Waals surface area contributed by atoms with E-state index >= 15 is 0 Å². The van der Waals surface area contributed by atoms with Gasteiger partial charge in [-0.15, -0.1) is 11.3 Å². The summed E-state index contributed by atoms with van der Waals surface area (Å²) >= 11 is 1.91. The second-order valence-electron chi connectivity index (χ2n) is 22.7. The number of hydrogen-bond donors (Lipinski definition) is 1. The van der Waals surface area contributed by atoms with Crippen molar-refractivity contribution in [1.29, 1.82) is 0 Å². The normalized spacial score (nSPS) is 15.2. The highest BCUT2D eigenvalue weighted by molar-refractivity contribution is 7.25. The van der Waals surface area contributed by atoms with Crippen LogP contribution in [-0.4, -0.2) is 11.8 Å². The van der Waals surface area contributed by atoms with Gasteiger partial charge in [-0.2, -0.15) is 0 Å². The summed E-state index contributed by atoms with van der Waals surface area (Å²) in [7, 11) is 0.847. The molecule has 1 aliphatic heterocycles. The molecular weight excluding hydrogens is 816 g/mol. The molecule has 322 valence electrons. The lowest BCUT2D eigenvalue weighted by Gasteiger charge is -2.27. The number of benzene rings is 8. The van der Waals surface area contributed by atoms with E-state index in [0.717, 1.165) is 18.7 Å². The average molecular weight is 871 g/mol. The third kappa shape index (κ3) is 5.43. The quantitative estimate of drug-likeness (QED) is 0.175. The Labute approximate surface area is 393 Å². The molecule has 0 amide bonds. The molecule has 0 atom stereocenters. The molecule has 0 spiro atoms. The Bertz CT molecular complexity index is 3770. The minimum Gasteiger partial charge on any atom is -0.355 e. The maximum Gasteiger partial charge on any atom is 0.198 e. The fraction of sp³-hybridized carbons (Fsp3) is 0.226. The van der Waals surface area contributed by atoms with Crippen molar-refractivity contribution in [2.24, 2.45) is 0 Å². The number of nitrogens with one attached hydrogen (secondary N) is 1. The van der Waals surface area contributed by atoms with E-state index < -0.39 is 0 Å². The summed E-state index contributed by atoms with van der Waals surface area (Å²) in [6.45, 7) is 23.4. The van der Waals surface area contributed by atoms with E-state index in [0.29, 0.717) is 0 Å². The molecule has 2 aliphatic carbocycles. The first-order valence-electron chi connectivity index (χ1n) is 23.9. The summed E-state index contributed by atoms with van der Waals surface area (Å²) < 4.78 is 5.31. The number of fused-ring (bicyclic) bond motifs is 15. The van der Waals surface area contributed by atoms with Crippen molar-refractivity contribution < 1.29 is 0 Å². The van der Waals surface area contributed by atoms with E-state index in [-0.39, 0.29) is 21.7 Å². The molecule has 0 saturated carbocycles. The van der Waals surface area contributed by atoms with Crippen molar-refractivity contribution in [1.82, 2.24) is 4.57 Å². The average Bonchev–Trinajstić information content (AvgIpc) is 3.96. The zero-order valence-corrected chi connectivity index (χ0v) is 40.7. The van der Waals surface area contributed by atoms with Crippen molar-refractivity contribution in [2.45, 2.75) is 90.9 Å². The van der Waals surface area contributed by atoms with Crippen LogP contribution in [0, 0.1) is 0 Å². The van der Waals surface area contributed by atoms with Gasteiger partial charge in [0.15, 0.2) is 7.28 Å². The van der Waals surface area contributed by atoms with Gasteiger partial charge in [-0.25, -0.2) is 0 Å². The van der Waals surface area contributed by atoms with E-state index in [4.69, 9.17) is 0 Å². The van der Waals surface area contributed by atoms with Crippen LogP contribution in [0.15, 0.2) is 140 Å². The molecule has 2 nitrogen and oxygen atoms in total. The molecule has 10 aromatic rings. The van der Waals surface area contributed by atoms with Crippen molar-refractivity contribution >= 4 is 82.9 Å². The molecule has 3 heterocycles. The van der Waals surface area contributed by atoms with Crippen molar-refractivity contribution in [3.05, 3.63) is 173 Å². The van der Waals surface area contributed by atoms with Crippen molar-refractivity contribution in [2.75, 3.05) is 5.32 Å². The van der Waals surface area contributed by atoms with E-state index in [1.807, 2.05) is 11.3 Å². The standard InChI is InChI=1S/C62H55BN2S/c1-59(2,3)34-19-22-36(23-20-34)64-50-33-54-44(38-24-21-35(60(4,5)6)29-53(38)66-54)30-43(50)39-25-26-41-56-51(28-27-47-55(56)40-16-12-14-18-46(40)61(47,7)8)65-52-31-42-37-15-11-13-17-45(37)62(9,10)48(42)32-49(52)63-57(39)58(41)65/h11-33,63-64H,1-10H3. The molecule has 66 heavy (non-hydrogen) atoms. The Hall–Kier alpha value is -6.36. The Morgan fingerprint density at radius 2 is 1.17 bits per heavy atom. The summed E-state index contributed by atoms with van der Waals surface area (Å²) in [5.74, 6) is 0. The maximum atomic E-state index is 4.01. The van der Waals surface area contributed by atoms with Crippen LogP contribution in [0.2, 0.25) is 0 Å². The van der Waals surface area contributed by atoms with Gasteiger partial charge in [0.2, 0.25) is 0 Å². The van der Waals surface area contributed by atoms with Gasteiger partial charge in [-0.05, 0) is 120 Å². The van der Waals surface area contributed by atoms with Crippen molar-refractivity contribution in [3.63, 3.8) is 0 Å². The second kappa shape index (κ2) is 13.2. The highest BCUT2D eigenvalue weighted by Crippen LogP contribution is 2.55. The fourth-order valence-corrected chi connectivity index (χ4v) is 13.4. The maximum absolute atomic E-state index is 4.01. The Morgan fingerprint density at radius 1 is 0.515 bits per heavy atom. The fourth-order valence-electron chi connectivity index (χ4n) is 12.3. The van der Waals surface area contributed by atoms with Gasteiger partial charge in [-0.3, -0.25) is 0 Å². The molecule has 0 fully saturated rings. The minimum atomic E-state index is -0.0948. The Balaban J connectivity index is 1.12. The van der Waals surface area contributed by atoms with Crippen LogP contribution >= 0.6 is 11.3 Å². The van der Waals surface area contributed by atoms with E-state index in [1.54, 1.807) is 0 Å². The number of anilines is 2. The molecule has 8 aromatic carbocycles. The predicted molar refractivity (Wildman–Crippen MR) is 288 cm³/mol. The van der Waals surface area contributed by atoms with Gasteiger partial charge in [0.05, 0.1) is 5.52 Å². The lowest BCUT2D eigenvalue weighted by molar-refractivity contribution is 0.590. The third-order valence-electron chi connectivity index (χ3n) is 15.9. The molecule has 0 bridgehead atoms. The molecule has 2 aromatic heterocycles. The SMILES string of the molecule is CC(C)(C)c1ccc(Nc2cc3sc4cc(C(C)(C)C)ccc4c3cc2-c2ccc3c4c5c(ccc4n4c3c2Bc2cc3c(cc2-4)-c2ccccc2C3(C)C)C(C)(C)c2ccccc2-5)cc1. The molecule has 0 radical (unpaired) electrons. The molecule has 0 saturated heterocycles. The topological polar surface area (TPSA) is 17.0 Å². The molecule has 13 rings (SSSR count). The molecule has 1 N–H and O–H groups in total. The second-order valence-corrected chi connectivity index (χ2v) is 23.7. The first kappa shape index (κ1) is 40.0. The largest absolute Gasteiger partial charge is 0.355 e. The van der Waals surface area contributed by atoms with Crippen LogP contribution in [0.25, 0.3) is 81.0 Å². The third-order valence-corrected chi connectivity index (χ3v) is 17.0. The zero-order valence-electron chi connectivity index (χ0n) is 39.8. The highest BCUT2D eigenvalue weighted by atomic mass is 32.1. The van der Waals surface area contributed by atoms with Crippen LogP contribution < -0.4 is 16.2 Å². The summed E-state index contributed by atoms with van der Waals surface area (Å²) in [5.41, 5.74) is 25.3. The zero-order chi connectivity index (χ0) is 45.4. The van der Waals surface area contributed by atoms with Gasteiger partial charge in [0, 0.05) is 69.9 Å². The van der Waals surface area contributed by atoms with Gasteiger partial charge in [-0.1, -0.05) is 172 Å². The highest BCUT2D eigenvalue weighted by Gasteiger charge is 2.40. The van der Waals surface area contributed by atoms with Gasteiger partial charge in [0.1, 0.15) is 0 Å². The van der Waals surface area contributed by atoms with Gasteiger partial charge >= 0.3 is 0 Å². The van der Waals surface area contributed by atoms with E-state index in [9.17, 15) is 0 Å². The summed E-state index contributed by atoms with van der Waals surface area (Å²) in [5, 5.41) is 9.36. The minimum absolute atomic E-state index is 0.0738. The number of hydrogen-bond acceptors (Lipinski definition) is 2. The number of nitrogens with zero attached hydrogens (tertiary/aromatic N) is 1. The van der Waals surface area contributed by atoms with Crippen LogP contribution in [0.4, 0.5) is 11.4 Å². The van der Waals surface area contributed by atoms with Gasteiger partial charge < -0.3 is 9.88 Å². The van der Waals surface area contributed by atoms with Crippen molar-refractivity contribution in [3.8, 4) is 39.1 Å². The predicted octanol–water partition coefficient (Wildman–Crippen LogP) is 15.5. The lowest BCUT2D eigenvalue weighted by Crippen LogP contribution is -2.38. The smallest absolute Gasteiger partial charge is 0.198 e. The Kier molecular flexibility index (Phi) is 7.97. The van der Waals surface area contributed by atoms with E-state index in [2.05, 4.69) is 219 Å². The molecular formula is C62H55BN2S. The molecule has 0 unspecified atom stereocenters. The summed E-state index contributed by atoms with van der Waals surface area (Å²) in [4.78, 5) is 0.